The van der Waals surface area contributed by atoms with E-state index in [1.807, 2.05) is 24.5 Å². The second kappa shape index (κ2) is 13.4. The molecule has 1 aliphatic carbocycles. The fraction of sp³-hybridized carbons (Fsp3) is 0.0556. The molecule has 4 aromatic heterocycles. The molecule has 11 rings (SSSR count). The highest BCUT2D eigenvalue weighted by Crippen LogP contribution is 2.51. The van der Waals surface area contributed by atoms with Gasteiger partial charge in [0.05, 0.1) is 22.4 Å². The fourth-order valence-electron chi connectivity index (χ4n) is 9.00. The molecule has 0 aliphatic heterocycles. The minimum atomic E-state index is -0.163. The van der Waals surface area contributed by atoms with E-state index in [0.29, 0.717) is 0 Å². The van der Waals surface area contributed by atoms with Gasteiger partial charge >= 0.3 is 0 Å². The van der Waals surface area contributed by atoms with Crippen LogP contribution in [0.3, 0.4) is 0 Å². The predicted octanol–water partition coefficient (Wildman–Crippen LogP) is 13.6. The van der Waals surface area contributed by atoms with Gasteiger partial charge in [0.15, 0.2) is 0 Å². The van der Waals surface area contributed by atoms with E-state index in [2.05, 4.69) is 186 Å². The number of hydrogen-bond acceptors (Lipinski definition) is 3. The van der Waals surface area contributed by atoms with Gasteiger partial charge in [0, 0.05) is 57.8 Å². The van der Waals surface area contributed by atoms with Crippen LogP contribution in [-0.2, 0) is 5.41 Å². The van der Waals surface area contributed by atoms with Gasteiger partial charge in [0.25, 0.3) is 0 Å². The number of benzene rings is 6. The molecule has 1 aliphatic rings. The third-order valence-electron chi connectivity index (χ3n) is 12.0. The van der Waals surface area contributed by atoms with Gasteiger partial charge in [-0.2, -0.15) is 0 Å². The van der Waals surface area contributed by atoms with Crippen molar-refractivity contribution in [2.24, 2.45) is 0 Å². The van der Waals surface area contributed by atoms with Crippen LogP contribution in [0.25, 0.3) is 94.5 Å². The molecule has 0 fully saturated rings. The van der Waals surface area contributed by atoms with Crippen molar-refractivity contribution < 1.29 is 0 Å². The molecule has 274 valence electrons. The molecular weight excluding hydrogens is 705 g/mol. The Morgan fingerprint density at radius 3 is 1.43 bits per heavy atom. The molecule has 4 heteroatoms. The van der Waals surface area contributed by atoms with E-state index in [9.17, 15) is 0 Å². The maximum Gasteiger partial charge on any atom is 0.0731 e. The summed E-state index contributed by atoms with van der Waals surface area (Å²) >= 11 is 0. The maximum absolute atomic E-state index is 5.00. The first-order valence-corrected chi connectivity index (χ1v) is 19.8. The lowest BCUT2D eigenvalue weighted by Gasteiger charge is -2.23. The van der Waals surface area contributed by atoms with Crippen LogP contribution in [0, 0.1) is 0 Å². The van der Waals surface area contributed by atoms with Crippen LogP contribution >= 0.6 is 0 Å². The second-order valence-corrected chi connectivity index (χ2v) is 15.8. The normalized spacial score (nSPS) is 12.8. The van der Waals surface area contributed by atoms with Gasteiger partial charge in [0.1, 0.15) is 0 Å². The average Bonchev–Trinajstić information content (AvgIpc) is 3.74. The number of para-hydroxylation sites is 2. The molecule has 0 saturated carbocycles. The molecule has 0 bridgehead atoms. The average molecular weight is 743 g/mol. The van der Waals surface area contributed by atoms with Gasteiger partial charge in [-0.15, -0.1) is 0 Å². The van der Waals surface area contributed by atoms with Crippen molar-refractivity contribution in [1.82, 2.24) is 19.5 Å². The maximum atomic E-state index is 5.00. The molecule has 4 nitrogen and oxygen atoms in total. The molecule has 0 unspecified atom stereocenters. The van der Waals surface area contributed by atoms with E-state index < -0.39 is 0 Å². The van der Waals surface area contributed by atoms with Crippen molar-refractivity contribution in [3.05, 3.63) is 206 Å². The van der Waals surface area contributed by atoms with Crippen molar-refractivity contribution in [3.8, 4) is 72.7 Å². The molecule has 0 amide bonds. The number of rotatable bonds is 6. The monoisotopic (exact) mass is 742 g/mol. The van der Waals surface area contributed by atoms with Crippen molar-refractivity contribution >= 4 is 21.8 Å². The summed E-state index contributed by atoms with van der Waals surface area (Å²) in [6.07, 6.45) is 7.31. The smallest absolute Gasteiger partial charge is 0.0731 e. The van der Waals surface area contributed by atoms with Crippen LogP contribution in [0.2, 0.25) is 0 Å². The molecule has 58 heavy (non-hydrogen) atoms. The Kier molecular flexibility index (Phi) is 7.80. The van der Waals surface area contributed by atoms with Gasteiger partial charge in [-0.05, 0) is 128 Å². The van der Waals surface area contributed by atoms with Crippen molar-refractivity contribution in [2.75, 3.05) is 0 Å². The zero-order valence-corrected chi connectivity index (χ0v) is 32.3. The highest BCUT2D eigenvalue weighted by Gasteiger charge is 2.36. The summed E-state index contributed by atoms with van der Waals surface area (Å²) in [5.74, 6) is 0. The fourth-order valence-corrected chi connectivity index (χ4v) is 9.00. The van der Waals surface area contributed by atoms with E-state index in [1.54, 1.807) is 12.4 Å². The zero-order chi connectivity index (χ0) is 38.8. The van der Waals surface area contributed by atoms with Gasteiger partial charge in [-0.3, -0.25) is 9.97 Å². The number of aromatic nitrogens is 4. The lowest BCUT2D eigenvalue weighted by atomic mass is 9.81. The molecule has 0 spiro atoms. The number of nitrogens with zero attached hydrogens (tertiary/aromatic N) is 4. The first kappa shape index (κ1) is 33.9. The van der Waals surface area contributed by atoms with Crippen LogP contribution in [0.15, 0.2) is 195 Å². The van der Waals surface area contributed by atoms with E-state index in [0.717, 1.165) is 33.6 Å². The second-order valence-electron chi connectivity index (χ2n) is 15.8. The number of hydrogen-bond donors (Lipinski definition) is 0. The third-order valence-corrected chi connectivity index (χ3v) is 12.0. The Bertz CT molecular complexity index is 3070. The highest BCUT2D eigenvalue weighted by molar-refractivity contribution is 6.09. The third kappa shape index (κ3) is 5.56. The van der Waals surface area contributed by atoms with E-state index >= 15 is 0 Å². The quantitative estimate of drug-likeness (QED) is 0.170. The topological polar surface area (TPSA) is 43.6 Å². The van der Waals surface area contributed by atoms with Crippen LogP contribution in [0.4, 0.5) is 0 Å². The summed E-state index contributed by atoms with van der Waals surface area (Å²) in [5.41, 5.74) is 19.6. The first-order valence-electron chi connectivity index (χ1n) is 19.8. The minimum Gasteiger partial charge on any atom is -0.309 e. The van der Waals surface area contributed by atoms with E-state index in [-0.39, 0.29) is 5.41 Å². The molecule has 4 heterocycles. The first-order chi connectivity index (χ1) is 28.5. The van der Waals surface area contributed by atoms with Crippen molar-refractivity contribution in [3.63, 3.8) is 0 Å². The van der Waals surface area contributed by atoms with Crippen molar-refractivity contribution in [1.29, 1.82) is 0 Å². The summed E-state index contributed by atoms with van der Waals surface area (Å²) in [6.45, 7) is 4.73. The van der Waals surface area contributed by atoms with Crippen LogP contribution in [-0.4, -0.2) is 19.5 Å². The number of pyridine rings is 3. The molecular formula is C54H38N4. The molecule has 6 aromatic carbocycles. The molecule has 0 N–H and O–H groups in total. The lowest BCUT2D eigenvalue weighted by Crippen LogP contribution is -2.15. The van der Waals surface area contributed by atoms with E-state index in [4.69, 9.17) is 4.98 Å². The summed E-state index contributed by atoms with van der Waals surface area (Å²) in [6, 6.07) is 61.6. The highest BCUT2D eigenvalue weighted by atomic mass is 15.0. The van der Waals surface area contributed by atoms with Gasteiger partial charge in [-0.25, -0.2) is 4.98 Å². The van der Waals surface area contributed by atoms with Crippen LogP contribution < -0.4 is 0 Å². The van der Waals surface area contributed by atoms with Gasteiger partial charge in [-0.1, -0.05) is 111 Å². The Hall–Kier alpha value is -7.43. The summed E-state index contributed by atoms with van der Waals surface area (Å²) < 4.78 is 2.39. The van der Waals surface area contributed by atoms with Gasteiger partial charge in [0.2, 0.25) is 0 Å². The Morgan fingerprint density at radius 2 is 0.879 bits per heavy atom. The van der Waals surface area contributed by atoms with E-state index in [1.165, 1.54) is 72.0 Å². The minimum absolute atomic E-state index is 0.163. The molecule has 0 atom stereocenters. The Morgan fingerprint density at radius 1 is 0.397 bits per heavy atom. The standard InChI is InChI=1S/C54H38N4/c1-54(2)48-29-38(35-18-20-36(21-19-35)42-31-50(40-11-8-26-55-33-40)57-51(32-42)41-12-9-27-56-34-41)22-24-44(48)45-25-23-39(30-49(45)54)37-10-7-13-43(28-37)58-52-16-5-3-14-46(52)47-15-4-6-17-53(47)58/h3-34H,1-2H3. The summed E-state index contributed by atoms with van der Waals surface area (Å²) in [5, 5.41) is 2.55. The summed E-state index contributed by atoms with van der Waals surface area (Å²) in [7, 11) is 0. The summed E-state index contributed by atoms with van der Waals surface area (Å²) in [4.78, 5) is 13.7. The predicted molar refractivity (Wildman–Crippen MR) is 239 cm³/mol. The molecule has 10 aromatic rings. The zero-order valence-electron chi connectivity index (χ0n) is 32.3. The van der Waals surface area contributed by atoms with Gasteiger partial charge < -0.3 is 4.57 Å². The lowest BCUT2D eigenvalue weighted by molar-refractivity contribution is 0.661. The van der Waals surface area contributed by atoms with Crippen LogP contribution in [0.5, 0.6) is 0 Å². The Labute approximate surface area is 337 Å². The SMILES string of the molecule is CC1(C)c2cc(-c3ccc(-c4cc(-c5cccnc5)nc(-c5cccnc5)c4)cc3)ccc2-c2ccc(-c3cccc(-n4c5ccccc5c5ccccc54)c3)cc21. The number of fused-ring (bicyclic) bond motifs is 6. The Balaban J connectivity index is 0.918. The molecule has 0 radical (unpaired) electrons. The largest absolute Gasteiger partial charge is 0.309 e. The molecule has 0 saturated heterocycles. The van der Waals surface area contributed by atoms with Crippen LogP contribution in [0.1, 0.15) is 25.0 Å². The van der Waals surface area contributed by atoms with Crippen molar-refractivity contribution in [2.45, 2.75) is 19.3 Å².